The topological polar surface area (TPSA) is 112 Å². The highest BCUT2D eigenvalue weighted by Gasteiger charge is 2.30. The summed E-state index contributed by atoms with van der Waals surface area (Å²) in [5.74, 6) is 6.17. The summed E-state index contributed by atoms with van der Waals surface area (Å²) in [5.41, 5.74) is 1.62. The summed E-state index contributed by atoms with van der Waals surface area (Å²) in [6, 6.07) is 8.65. The number of methoxy groups -OCH3 is 1. The van der Waals surface area contributed by atoms with E-state index < -0.39 is 24.7 Å². The van der Waals surface area contributed by atoms with Crippen LogP contribution in [-0.4, -0.2) is 95.0 Å². The highest BCUT2D eigenvalue weighted by Crippen LogP contribution is 2.29. The first-order valence-electron chi connectivity index (χ1n) is 13.4. The lowest BCUT2D eigenvalue weighted by atomic mass is 10.0. The van der Waals surface area contributed by atoms with Gasteiger partial charge in [-0.3, -0.25) is 4.79 Å². The maximum Gasteiger partial charge on any atom is 0.406 e. The minimum Gasteiger partial charge on any atom is -0.495 e. The van der Waals surface area contributed by atoms with Crippen LogP contribution in [0.4, 0.5) is 18.9 Å². The number of likely N-dealkylation sites (tertiary alicyclic amines) is 1. The van der Waals surface area contributed by atoms with Crippen LogP contribution in [0.25, 0.3) is 11.0 Å². The van der Waals surface area contributed by atoms with Crippen molar-refractivity contribution in [3.05, 3.63) is 47.8 Å². The van der Waals surface area contributed by atoms with E-state index in [2.05, 4.69) is 27.5 Å². The predicted molar refractivity (Wildman–Crippen MR) is 156 cm³/mol. The maximum atomic E-state index is 13.4. The smallest absolute Gasteiger partial charge is 0.406 e. The van der Waals surface area contributed by atoms with Gasteiger partial charge in [-0.15, -0.1) is 11.8 Å². The van der Waals surface area contributed by atoms with Crippen molar-refractivity contribution in [2.24, 2.45) is 0 Å². The lowest BCUT2D eigenvalue weighted by Gasteiger charge is -2.33. The molecule has 1 fully saturated rings. The molecule has 9 nitrogen and oxygen atoms in total. The fourth-order valence-corrected chi connectivity index (χ4v) is 5.27. The van der Waals surface area contributed by atoms with Crippen molar-refractivity contribution in [1.82, 2.24) is 19.8 Å². The number of piperidine rings is 1. The molecule has 1 amide bonds. The average Bonchev–Trinajstić information content (AvgIpc) is 3.36. The molecule has 1 aromatic heterocycles. The van der Waals surface area contributed by atoms with Crippen LogP contribution < -0.4 is 15.4 Å². The Morgan fingerprint density at radius 3 is 2.69 bits per heavy atom. The summed E-state index contributed by atoms with van der Waals surface area (Å²) in [7, 11) is 1.58. The lowest BCUT2D eigenvalue weighted by Crippen LogP contribution is -2.46. The van der Waals surface area contributed by atoms with Crippen molar-refractivity contribution in [3.8, 4) is 17.6 Å². The number of fused-ring (bicyclic) bond motifs is 1. The number of halogens is 3. The molecular formula is C29H34F3N5O4S. The molecule has 0 radical (unpaired) electrons. The van der Waals surface area contributed by atoms with Gasteiger partial charge in [-0.1, -0.05) is 11.8 Å². The Kier molecular flexibility index (Phi) is 10.6. The van der Waals surface area contributed by atoms with E-state index in [9.17, 15) is 23.1 Å². The number of imidazole rings is 1. The fourth-order valence-electron chi connectivity index (χ4n) is 4.84. The van der Waals surface area contributed by atoms with Gasteiger partial charge in [-0.25, -0.2) is 4.98 Å². The van der Waals surface area contributed by atoms with Gasteiger partial charge >= 0.3 is 6.18 Å². The number of β-amino-alcohol motifs (C(OH)–C–C–N with tert-alkyl or cyclic N) is 1. The number of carbonyl (C=O) groups excluding carboxylic acids is 1. The first-order chi connectivity index (χ1) is 20.1. The van der Waals surface area contributed by atoms with Crippen molar-refractivity contribution in [1.29, 1.82) is 0 Å². The van der Waals surface area contributed by atoms with Crippen LogP contribution in [0.3, 0.4) is 0 Å². The molecule has 1 atom stereocenters. The van der Waals surface area contributed by atoms with E-state index in [1.807, 2.05) is 29.4 Å². The Bertz CT molecular complexity index is 1440. The Hall–Kier alpha value is -3.44. The number of carbonyl (C=O) groups is 1. The second-order valence-electron chi connectivity index (χ2n) is 9.99. The fraction of sp³-hybridized carbons (Fsp3) is 0.448. The number of thioether (sulfide) groups is 1. The van der Waals surface area contributed by atoms with Gasteiger partial charge in [-0.2, -0.15) is 13.2 Å². The molecule has 4 rings (SSSR count). The van der Waals surface area contributed by atoms with Gasteiger partial charge in [0.15, 0.2) is 0 Å². The second kappa shape index (κ2) is 14.2. The monoisotopic (exact) mass is 605 g/mol. The number of anilines is 1. The largest absolute Gasteiger partial charge is 0.495 e. The summed E-state index contributed by atoms with van der Waals surface area (Å²) in [5, 5.41) is 24.9. The molecule has 226 valence electrons. The van der Waals surface area contributed by atoms with Gasteiger partial charge in [0.25, 0.3) is 5.91 Å². The molecule has 0 spiro atoms. The van der Waals surface area contributed by atoms with Crippen LogP contribution in [-0.2, 0) is 6.54 Å². The van der Waals surface area contributed by atoms with E-state index in [1.165, 1.54) is 6.07 Å². The molecule has 3 aromatic rings. The molecule has 1 unspecified atom stereocenters. The van der Waals surface area contributed by atoms with Gasteiger partial charge in [0, 0.05) is 36.1 Å². The Labute approximate surface area is 246 Å². The summed E-state index contributed by atoms with van der Waals surface area (Å²) in [4.78, 5) is 20.6. The first kappa shape index (κ1) is 31.5. The molecule has 0 saturated carbocycles. The van der Waals surface area contributed by atoms with Crippen molar-refractivity contribution in [2.75, 3.05) is 51.5 Å². The zero-order valence-electron chi connectivity index (χ0n) is 23.4. The van der Waals surface area contributed by atoms with Crippen LogP contribution in [0.2, 0.25) is 0 Å². The molecule has 1 saturated heterocycles. The quantitative estimate of drug-likeness (QED) is 0.206. The normalized spacial score (nSPS) is 15.2. The summed E-state index contributed by atoms with van der Waals surface area (Å²) < 4.78 is 46.2. The van der Waals surface area contributed by atoms with Crippen LogP contribution in [0.15, 0.2) is 41.6 Å². The number of hydrogen-bond donors (Lipinski definition) is 4. The predicted octanol–water partition coefficient (Wildman–Crippen LogP) is 3.34. The highest BCUT2D eigenvalue weighted by molar-refractivity contribution is 7.98. The SMILES string of the molecule is COc1cc(SC)ccc1NCC#Cc1cc(C(=O)NC2CCN(CC(O)CO)CC2)c2ncn(CC(F)(F)F)c2c1. The van der Waals surface area contributed by atoms with E-state index in [4.69, 9.17) is 9.84 Å². The molecule has 1 aliphatic heterocycles. The minimum absolute atomic E-state index is 0.151. The van der Waals surface area contributed by atoms with E-state index in [1.54, 1.807) is 24.9 Å². The van der Waals surface area contributed by atoms with Crippen molar-refractivity contribution in [3.63, 3.8) is 0 Å². The number of alkyl halides is 3. The number of aliphatic hydroxyl groups is 2. The van der Waals surface area contributed by atoms with Crippen molar-refractivity contribution < 1.29 is 32.9 Å². The Morgan fingerprint density at radius 1 is 1.26 bits per heavy atom. The van der Waals surface area contributed by atoms with Gasteiger partial charge in [-0.05, 0) is 49.4 Å². The number of nitrogens with zero attached hydrogens (tertiary/aromatic N) is 3. The second-order valence-corrected chi connectivity index (χ2v) is 10.9. The third-order valence-electron chi connectivity index (χ3n) is 6.93. The first-order valence-corrected chi connectivity index (χ1v) is 14.6. The molecule has 13 heteroatoms. The molecule has 0 bridgehead atoms. The van der Waals surface area contributed by atoms with Crippen LogP contribution in [0.1, 0.15) is 28.8 Å². The van der Waals surface area contributed by atoms with Crippen LogP contribution in [0.5, 0.6) is 5.75 Å². The maximum absolute atomic E-state index is 13.4. The molecule has 2 aromatic carbocycles. The number of amides is 1. The van der Waals surface area contributed by atoms with E-state index in [-0.39, 0.29) is 35.8 Å². The number of aromatic nitrogens is 2. The standard InChI is InChI=1S/C29H34F3N5O4S/c1-41-26-14-22(42-2)5-6-24(26)33-9-3-4-19-12-23(27-25(13-19)37(18-34-27)17-29(30,31)32)28(40)35-20-7-10-36(11-8-20)15-21(39)16-38/h5-6,12-14,18,20-21,33,38-39H,7-11,15-17H2,1-2H3,(H,35,40). The highest BCUT2D eigenvalue weighted by atomic mass is 32.2. The number of hydrogen-bond acceptors (Lipinski definition) is 8. The molecule has 1 aliphatic rings. The summed E-state index contributed by atoms with van der Waals surface area (Å²) in [6.45, 7) is 0.275. The van der Waals surface area contributed by atoms with Crippen molar-refractivity contribution in [2.45, 2.75) is 42.6 Å². The third-order valence-corrected chi connectivity index (χ3v) is 7.66. The van der Waals surface area contributed by atoms with E-state index in [0.29, 0.717) is 43.8 Å². The molecule has 2 heterocycles. The minimum atomic E-state index is -4.47. The molecule has 4 N–H and O–H groups in total. The zero-order chi connectivity index (χ0) is 30.3. The third kappa shape index (κ3) is 8.32. The molecule has 42 heavy (non-hydrogen) atoms. The van der Waals surface area contributed by atoms with E-state index >= 15 is 0 Å². The molecule has 0 aliphatic carbocycles. The Balaban J connectivity index is 1.53. The summed E-state index contributed by atoms with van der Waals surface area (Å²) in [6.07, 6.45) is -0.982. The Morgan fingerprint density at radius 2 is 2.02 bits per heavy atom. The van der Waals surface area contributed by atoms with Crippen LogP contribution >= 0.6 is 11.8 Å². The van der Waals surface area contributed by atoms with Crippen LogP contribution in [0, 0.1) is 11.8 Å². The lowest BCUT2D eigenvalue weighted by molar-refractivity contribution is -0.139. The summed E-state index contributed by atoms with van der Waals surface area (Å²) >= 11 is 1.59. The molecular weight excluding hydrogens is 571 g/mol. The number of benzene rings is 2. The van der Waals surface area contributed by atoms with Gasteiger partial charge in [0.05, 0.1) is 49.5 Å². The zero-order valence-corrected chi connectivity index (χ0v) is 24.2. The van der Waals surface area contributed by atoms with Gasteiger partial charge in [0.2, 0.25) is 0 Å². The van der Waals surface area contributed by atoms with Gasteiger partial charge in [0.1, 0.15) is 17.8 Å². The van der Waals surface area contributed by atoms with E-state index in [0.717, 1.165) is 21.5 Å². The number of ether oxygens (including phenoxy) is 1. The van der Waals surface area contributed by atoms with Gasteiger partial charge < -0.3 is 35.1 Å². The number of aliphatic hydroxyl groups excluding tert-OH is 2. The number of rotatable bonds is 10. The average molecular weight is 606 g/mol. The van der Waals surface area contributed by atoms with Crippen molar-refractivity contribution >= 4 is 34.4 Å². The number of nitrogens with one attached hydrogen (secondary N) is 2.